The summed E-state index contributed by atoms with van der Waals surface area (Å²) in [6, 6.07) is 11.7. The molecule has 1 atom stereocenters. The molecule has 0 spiro atoms. The van der Waals surface area contributed by atoms with Crippen LogP contribution in [0.15, 0.2) is 42.5 Å². The average molecular weight is 245 g/mol. The monoisotopic (exact) mass is 245 g/mol. The maximum absolute atomic E-state index is 13.4. The van der Waals surface area contributed by atoms with Crippen molar-refractivity contribution in [2.75, 3.05) is 5.73 Å². The Kier molecular flexibility index (Phi) is 3.60. The van der Waals surface area contributed by atoms with Crippen LogP contribution in [0.2, 0.25) is 0 Å². The second kappa shape index (κ2) is 5.16. The molecule has 0 saturated carbocycles. The summed E-state index contributed by atoms with van der Waals surface area (Å²) in [5, 5.41) is 0. The topological polar surface area (TPSA) is 64.1 Å². The van der Waals surface area contributed by atoms with E-state index in [2.05, 4.69) is 5.43 Å². The third-order valence-corrected chi connectivity index (χ3v) is 3.03. The summed E-state index contributed by atoms with van der Waals surface area (Å²) < 4.78 is 13.4. The van der Waals surface area contributed by atoms with Crippen molar-refractivity contribution in [3.05, 3.63) is 65.0 Å². The number of halogens is 1. The Bertz CT molecular complexity index is 554. The zero-order valence-electron chi connectivity index (χ0n) is 10.2. The minimum Gasteiger partial charge on any atom is -0.398 e. The van der Waals surface area contributed by atoms with Gasteiger partial charge >= 0.3 is 0 Å². The minimum atomic E-state index is -0.318. The molecule has 2 rings (SSSR count). The average Bonchev–Trinajstić information content (AvgIpc) is 2.36. The Balaban J connectivity index is 2.52. The van der Waals surface area contributed by atoms with Crippen molar-refractivity contribution < 1.29 is 4.39 Å². The van der Waals surface area contributed by atoms with Crippen LogP contribution in [-0.4, -0.2) is 0 Å². The SMILES string of the molecule is Cc1ccc(F)cc1C(NN)c1ccccc1N. The van der Waals surface area contributed by atoms with E-state index in [0.29, 0.717) is 5.69 Å². The molecule has 0 aliphatic rings. The molecule has 0 fully saturated rings. The van der Waals surface area contributed by atoms with E-state index in [1.54, 1.807) is 12.1 Å². The lowest BCUT2D eigenvalue weighted by Gasteiger charge is -2.20. The number of rotatable bonds is 3. The smallest absolute Gasteiger partial charge is 0.123 e. The van der Waals surface area contributed by atoms with E-state index >= 15 is 0 Å². The van der Waals surface area contributed by atoms with Gasteiger partial charge in [-0.25, -0.2) is 9.82 Å². The van der Waals surface area contributed by atoms with Crippen LogP contribution in [-0.2, 0) is 0 Å². The lowest BCUT2D eigenvalue weighted by atomic mass is 9.94. The van der Waals surface area contributed by atoms with Crippen molar-refractivity contribution in [1.29, 1.82) is 0 Å². The van der Waals surface area contributed by atoms with Gasteiger partial charge in [-0.1, -0.05) is 24.3 Å². The van der Waals surface area contributed by atoms with E-state index in [1.165, 1.54) is 12.1 Å². The predicted molar refractivity (Wildman–Crippen MR) is 71.2 cm³/mol. The van der Waals surface area contributed by atoms with E-state index in [-0.39, 0.29) is 11.9 Å². The van der Waals surface area contributed by atoms with Gasteiger partial charge in [0.2, 0.25) is 0 Å². The fourth-order valence-electron chi connectivity index (χ4n) is 2.04. The first kappa shape index (κ1) is 12.5. The fraction of sp³-hybridized carbons (Fsp3) is 0.143. The maximum atomic E-state index is 13.4. The molecule has 4 heteroatoms. The van der Waals surface area contributed by atoms with Gasteiger partial charge < -0.3 is 5.73 Å². The van der Waals surface area contributed by atoms with Crippen LogP contribution in [0.5, 0.6) is 0 Å². The molecular weight excluding hydrogens is 229 g/mol. The highest BCUT2D eigenvalue weighted by molar-refractivity contribution is 5.52. The standard InChI is InChI=1S/C14H16FN3/c1-9-6-7-10(15)8-12(9)14(18-17)11-4-2-3-5-13(11)16/h2-8,14,18H,16-17H2,1H3. The molecule has 3 nitrogen and oxygen atoms in total. The number of hydrogen-bond donors (Lipinski definition) is 3. The van der Waals surface area contributed by atoms with Gasteiger partial charge in [-0.3, -0.25) is 5.84 Å². The molecule has 0 aliphatic carbocycles. The highest BCUT2D eigenvalue weighted by Crippen LogP contribution is 2.28. The predicted octanol–water partition coefficient (Wildman–Crippen LogP) is 2.27. The molecule has 0 heterocycles. The fourth-order valence-corrected chi connectivity index (χ4v) is 2.04. The van der Waals surface area contributed by atoms with Crippen LogP contribution in [0.3, 0.4) is 0 Å². The molecule has 0 amide bonds. The zero-order valence-corrected chi connectivity index (χ0v) is 10.2. The maximum Gasteiger partial charge on any atom is 0.123 e. The minimum absolute atomic E-state index is 0.287. The number of nitrogens with two attached hydrogens (primary N) is 2. The van der Waals surface area contributed by atoms with Crippen molar-refractivity contribution in [3.63, 3.8) is 0 Å². The third-order valence-electron chi connectivity index (χ3n) is 3.03. The molecule has 2 aromatic carbocycles. The van der Waals surface area contributed by atoms with Crippen LogP contribution in [0.25, 0.3) is 0 Å². The number of nitrogen functional groups attached to an aromatic ring is 1. The summed E-state index contributed by atoms with van der Waals surface area (Å²) >= 11 is 0. The third kappa shape index (κ3) is 2.34. The zero-order chi connectivity index (χ0) is 13.1. The normalized spacial score (nSPS) is 12.4. The lowest BCUT2D eigenvalue weighted by molar-refractivity contribution is 0.603. The Morgan fingerprint density at radius 3 is 2.50 bits per heavy atom. The van der Waals surface area contributed by atoms with Crippen LogP contribution in [0.1, 0.15) is 22.7 Å². The van der Waals surface area contributed by atoms with Gasteiger partial charge in [-0.15, -0.1) is 0 Å². The number of aryl methyl sites for hydroxylation is 1. The van der Waals surface area contributed by atoms with Crippen LogP contribution in [0.4, 0.5) is 10.1 Å². The summed E-state index contributed by atoms with van der Waals surface area (Å²) in [6.45, 7) is 1.91. The molecule has 0 saturated heterocycles. The van der Waals surface area contributed by atoms with Crippen molar-refractivity contribution in [2.24, 2.45) is 5.84 Å². The molecule has 0 bridgehead atoms. The first-order valence-corrected chi connectivity index (χ1v) is 5.70. The van der Waals surface area contributed by atoms with Gasteiger partial charge in [0.25, 0.3) is 0 Å². The Hall–Kier alpha value is -1.91. The van der Waals surface area contributed by atoms with Crippen LogP contribution in [0, 0.1) is 12.7 Å². The summed E-state index contributed by atoms with van der Waals surface area (Å²) in [5.41, 5.74) is 11.8. The van der Waals surface area contributed by atoms with E-state index in [4.69, 9.17) is 11.6 Å². The molecule has 0 aliphatic heterocycles. The Morgan fingerprint density at radius 2 is 1.83 bits per heavy atom. The molecule has 18 heavy (non-hydrogen) atoms. The first-order chi connectivity index (χ1) is 8.63. The van der Waals surface area contributed by atoms with Crippen molar-refractivity contribution >= 4 is 5.69 Å². The second-order valence-corrected chi connectivity index (χ2v) is 4.23. The van der Waals surface area contributed by atoms with Crippen molar-refractivity contribution in [1.82, 2.24) is 5.43 Å². The van der Waals surface area contributed by atoms with Gasteiger partial charge in [0, 0.05) is 5.69 Å². The molecule has 2 aromatic rings. The summed E-state index contributed by atoms with van der Waals surface area (Å²) in [5.74, 6) is 5.31. The van der Waals surface area contributed by atoms with Gasteiger partial charge in [0.1, 0.15) is 5.82 Å². The van der Waals surface area contributed by atoms with E-state index in [0.717, 1.165) is 16.7 Å². The van der Waals surface area contributed by atoms with Crippen molar-refractivity contribution in [3.8, 4) is 0 Å². The van der Waals surface area contributed by atoms with Gasteiger partial charge in [0.05, 0.1) is 6.04 Å². The summed E-state index contributed by atoms with van der Waals surface area (Å²) in [4.78, 5) is 0. The Morgan fingerprint density at radius 1 is 1.11 bits per heavy atom. The number of nitrogens with one attached hydrogen (secondary N) is 1. The highest BCUT2D eigenvalue weighted by atomic mass is 19.1. The lowest BCUT2D eigenvalue weighted by Crippen LogP contribution is -2.30. The summed E-state index contributed by atoms with van der Waals surface area (Å²) in [6.07, 6.45) is 0. The Labute approximate surface area is 106 Å². The van der Waals surface area contributed by atoms with E-state index < -0.39 is 0 Å². The summed E-state index contributed by atoms with van der Waals surface area (Å²) in [7, 11) is 0. The first-order valence-electron chi connectivity index (χ1n) is 5.70. The molecule has 94 valence electrons. The number of para-hydroxylation sites is 1. The highest BCUT2D eigenvalue weighted by Gasteiger charge is 2.17. The molecule has 5 N–H and O–H groups in total. The largest absolute Gasteiger partial charge is 0.398 e. The number of anilines is 1. The molecule has 0 radical (unpaired) electrons. The number of hydrogen-bond acceptors (Lipinski definition) is 3. The van der Waals surface area contributed by atoms with Crippen LogP contribution >= 0.6 is 0 Å². The van der Waals surface area contributed by atoms with Crippen molar-refractivity contribution in [2.45, 2.75) is 13.0 Å². The van der Waals surface area contributed by atoms with E-state index in [9.17, 15) is 4.39 Å². The second-order valence-electron chi connectivity index (χ2n) is 4.23. The van der Waals surface area contributed by atoms with Gasteiger partial charge in [-0.2, -0.15) is 0 Å². The van der Waals surface area contributed by atoms with E-state index in [1.807, 2.05) is 25.1 Å². The number of hydrazine groups is 1. The van der Waals surface area contributed by atoms with Crippen LogP contribution < -0.4 is 17.0 Å². The van der Waals surface area contributed by atoms with Gasteiger partial charge in [-0.05, 0) is 41.8 Å². The number of benzene rings is 2. The quantitative estimate of drug-likeness (QED) is 0.441. The van der Waals surface area contributed by atoms with Gasteiger partial charge in [0.15, 0.2) is 0 Å². The molecular formula is C14H16FN3. The molecule has 1 unspecified atom stereocenters. The molecule has 0 aromatic heterocycles.